The van der Waals surface area contributed by atoms with E-state index in [0.29, 0.717) is 6.42 Å². The number of rotatable bonds is 11. The number of hydrogen-bond acceptors (Lipinski definition) is 4. The van der Waals surface area contributed by atoms with Crippen LogP contribution in [0.15, 0.2) is 0 Å². The fourth-order valence-electron chi connectivity index (χ4n) is 1.74. The molecule has 0 aromatic heterocycles. The van der Waals surface area contributed by atoms with Gasteiger partial charge in [0.15, 0.2) is 0 Å². The minimum absolute atomic E-state index is 0. The van der Waals surface area contributed by atoms with Crippen molar-refractivity contribution in [2.45, 2.75) is 78.6 Å². The molecule has 0 rings (SSSR count). The van der Waals surface area contributed by atoms with Crippen molar-refractivity contribution in [1.29, 1.82) is 0 Å². The number of carbonyl (C=O) groups excluding carboxylic acids is 1. The minimum Gasteiger partial charge on any atom is -1.00 e. The standard InChI is InChI=1S/C12H24O5S.CH4.Na.H/c1-2-3-4-5-6-7-8-9-10-11-12(13)17-18(14,15)16;;;/h2-11H2,1H3,(H,14,15,16);1H4;;/q;;+1;-1. The first-order valence-corrected chi connectivity index (χ1v) is 8.02. The molecule has 0 unspecified atom stereocenters. The first-order chi connectivity index (χ1) is 8.45. The molecule has 0 aromatic carbocycles. The quantitative estimate of drug-likeness (QED) is 0.349. The van der Waals surface area contributed by atoms with E-state index in [2.05, 4.69) is 11.1 Å². The normalized spacial score (nSPS) is 10.3. The fourth-order valence-corrected chi connectivity index (χ4v) is 2.06. The molecule has 1 N–H and O–H groups in total. The summed E-state index contributed by atoms with van der Waals surface area (Å²) in [7, 11) is -4.63. The maximum absolute atomic E-state index is 10.9. The van der Waals surface area contributed by atoms with Gasteiger partial charge in [0, 0.05) is 6.42 Å². The Morgan fingerprint density at radius 1 is 1.00 bits per heavy atom. The van der Waals surface area contributed by atoms with Crippen molar-refractivity contribution in [2.24, 2.45) is 0 Å². The number of unbranched alkanes of at least 4 members (excludes halogenated alkanes) is 8. The summed E-state index contributed by atoms with van der Waals surface area (Å²) >= 11 is 0. The molecular formula is C13H29NaO5S. The van der Waals surface area contributed by atoms with Crippen molar-refractivity contribution in [3.8, 4) is 0 Å². The van der Waals surface area contributed by atoms with Gasteiger partial charge in [-0.05, 0) is 6.42 Å². The molecule has 20 heavy (non-hydrogen) atoms. The van der Waals surface area contributed by atoms with Gasteiger partial charge in [0.2, 0.25) is 0 Å². The third-order valence-electron chi connectivity index (χ3n) is 2.68. The Balaban J connectivity index is -0.000000482. The predicted octanol–water partition coefficient (Wildman–Crippen LogP) is 1.01. The zero-order valence-corrected chi connectivity index (χ0v) is 14.9. The van der Waals surface area contributed by atoms with E-state index < -0.39 is 16.4 Å². The first-order valence-electron chi connectivity index (χ1n) is 6.65. The molecule has 5 nitrogen and oxygen atoms in total. The molecule has 0 fully saturated rings. The molecule has 0 radical (unpaired) electrons. The molecule has 0 bridgehead atoms. The van der Waals surface area contributed by atoms with E-state index in [9.17, 15) is 13.2 Å². The largest absolute Gasteiger partial charge is 1.00 e. The maximum Gasteiger partial charge on any atom is 1.00 e. The molecule has 118 valence electrons. The van der Waals surface area contributed by atoms with E-state index in [-0.39, 0.29) is 44.8 Å². The Bertz CT molecular complexity index is 323. The third kappa shape index (κ3) is 20.7. The van der Waals surface area contributed by atoms with Crippen molar-refractivity contribution in [1.82, 2.24) is 0 Å². The van der Waals surface area contributed by atoms with Crippen LogP contribution in [0.5, 0.6) is 0 Å². The van der Waals surface area contributed by atoms with Gasteiger partial charge in [0.1, 0.15) is 0 Å². The molecule has 0 spiro atoms. The summed E-state index contributed by atoms with van der Waals surface area (Å²) in [6.45, 7) is 2.19. The molecule has 0 aromatic rings. The molecule has 0 saturated heterocycles. The maximum atomic E-state index is 10.9. The second-order valence-electron chi connectivity index (χ2n) is 4.46. The SMILES string of the molecule is C.CCCCCCCCCCCC(=O)OS(=O)(=O)O.[H-].[Na+]. The fraction of sp³-hybridized carbons (Fsp3) is 0.923. The minimum atomic E-state index is -4.63. The summed E-state index contributed by atoms with van der Waals surface area (Å²) in [5.41, 5.74) is 0. The van der Waals surface area contributed by atoms with Gasteiger partial charge in [-0.3, -0.25) is 9.35 Å². The van der Waals surface area contributed by atoms with Crippen LogP contribution in [0.25, 0.3) is 0 Å². The Kier molecular flexibility index (Phi) is 20.0. The zero-order valence-electron chi connectivity index (χ0n) is 13.1. The predicted molar refractivity (Wildman–Crippen MR) is 77.3 cm³/mol. The van der Waals surface area contributed by atoms with Crippen LogP contribution in [-0.2, 0) is 19.4 Å². The van der Waals surface area contributed by atoms with E-state index in [1.165, 1.54) is 32.1 Å². The van der Waals surface area contributed by atoms with E-state index >= 15 is 0 Å². The van der Waals surface area contributed by atoms with Crippen LogP contribution >= 0.6 is 0 Å². The van der Waals surface area contributed by atoms with Gasteiger partial charge in [0.25, 0.3) is 0 Å². The summed E-state index contributed by atoms with van der Waals surface area (Å²) in [6, 6.07) is 0. The molecule has 0 aliphatic heterocycles. The molecule has 0 aliphatic rings. The number of carbonyl (C=O) groups is 1. The second kappa shape index (κ2) is 15.8. The van der Waals surface area contributed by atoms with Crippen molar-refractivity contribution >= 4 is 16.4 Å². The van der Waals surface area contributed by atoms with Crippen LogP contribution in [-0.4, -0.2) is 18.9 Å². The Morgan fingerprint density at radius 3 is 1.80 bits per heavy atom. The summed E-state index contributed by atoms with van der Waals surface area (Å²) in [4.78, 5) is 10.9. The molecular weight excluding hydrogens is 291 g/mol. The van der Waals surface area contributed by atoms with Gasteiger partial charge in [-0.25, -0.2) is 0 Å². The van der Waals surface area contributed by atoms with E-state index in [1.54, 1.807) is 0 Å². The summed E-state index contributed by atoms with van der Waals surface area (Å²) in [5.74, 6) is -0.888. The smallest absolute Gasteiger partial charge is 1.00 e. The van der Waals surface area contributed by atoms with Crippen molar-refractivity contribution in [3.63, 3.8) is 0 Å². The monoisotopic (exact) mass is 320 g/mol. The average molecular weight is 320 g/mol. The first kappa shape index (κ1) is 25.3. The van der Waals surface area contributed by atoms with Gasteiger partial charge in [-0.15, -0.1) is 0 Å². The molecule has 0 atom stereocenters. The van der Waals surface area contributed by atoms with Crippen molar-refractivity contribution in [3.05, 3.63) is 0 Å². The Hall–Kier alpha value is 0.380. The van der Waals surface area contributed by atoms with E-state index in [4.69, 9.17) is 4.55 Å². The molecule has 0 saturated carbocycles. The van der Waals surface area contributed by atoms with Gasteiger partial charge >= 0.3 is 45.9 Å². The van der Waals surface area contributed by atoms with Crippen molar-refractivity contribution < 1.29 is 52.9 Å². The van der Waals surface area contributed by atoms with Crippen LogP contribution < -0.4 is 29.6 Å². The summed E-state index contributed by atoms with van der Waals surface area (Å²) < 4.78 is 32.5. The van der Waals surface area contributed by atoms with Gasteiger partial charge in [0.05, 0.1) is 0 Å². The van der Waals surface area contributed by atoms with Crippen LogP contribution in [0.1, 0.15) is 80.0 Å². The molecule has 7 heteroatoms. The van der Waals surface area contributed by atoms with Crippen LogP contribution in [0.4, 0.5) is 0 Å². The topological polar surface area (TPSA) is 80.7 Å². The van der Waals surface area contributed by atoms with Gasteiger partial charge in [-0.1, -0.05) is 65.7 Å². The Labute approximate surface area is 147 Å². The summed E-state index contributed by atoms with van der Waals surface area (Å²) in [6.07, 6.45) is 10.0. The van der Waals surface area contributed by atoms with E-state index in [1.807, 2.05) is 0 Å². The van der Waals surface area contributed by atoms with Gasteiger partial charge < -0.3 is 5.61 Å². The Morgan fingerprint density at radius 2 is 1.40 bits per heavy atom. The molecule has 0 aliphatic carbocycles. The average Bonchev–Trinajstić information content (AvgIpc) is 2.24. The second-order valence-corrected chi connectivity index (χ2v) is 5.48. The number of hydrogen-bond donors (Lipinski definition) is 1. The molecule has 0 heterocycles. The van der Waals surface area contributed by atoms with Gasteiger partial charge in [-0.2, -0.15) is 8.42 Å². The van der Waals surface area contributed by atoms with Crippen molar-refractivity contribution in [2.75, 3.05) is 0 Å². The van der Waals surface area contributed by atoms with E-state index in [0.717, 1.165) is 19.3 Å². The van der Waals surface area contributed by atoms with Crippen LogP contribution in [0.2, 0.25) is 0 Å². The zero-order chi connectivity index (χ0) is 13.9. The van der Waals surface area contributed by atoms with Crippen LogP contribution in [0.3, 0.4) is 0 Å². The molecule has 0 amide bonds. The summed E-state index contributed by atoms with van der Waals surface area (Å²) in [5, 5.41) is 0. The third-order valence-corrected chi connectivity index (χ3v) is 3.08. The van der Waals surface area contributed by atoms with Crippen LogP contribution in [0, 0.1) is 0 Å².